The van der Waals surface area contributed by atoms with E-state index in [1.165, 1.54) is 6.33 Å². The fourth-order valence-corrected chi connectivity index (χ4v) is 4.59. The molecule has 0 saturated carbocycles. The first kappa shape index (κ1) is 22.5. The number of ether oxygens (including phenoxy) is 2. The summed E-state index contributed by atoms with van der Waals surface area (Å²) in [6.45, 7) is 4.45. The summed E-state index contributed by atoms with van der Waals surface area (Å²) in [7, 11) is 0. The molecule has 0 unspecified atom stereocenters. The van der Waals surface area contributed by atoms with Crippen LogP contribution in [0.5, 0.6) is 11.5 Å². The number of aromatic nitrogens is 3. The first-order valence-corrected chi connectivity index (χ1v) is 11.2. The maximum absolute atomic E-state index is 12.8. The molecule has 0 bridgehead atoms. The van der Waals surface area contributed by atoms with Crippen molar-refractivity contribution in [3.05, 3.63) is 53.3 Å². The van der Waals surface area contributed by atoms with Gasteiger partial charge in [0.1, 0.15) is 23.6 Å². The summed E-state index contributed by atoms with van der Waals surface area (Å²) in [4.78, 5) is 20.9. The molecule has 2 N–H and O–H groups in total. The summed E-state index contributed by atoms with van der Waals surface area (Å²) in [6.07, 6.45) is 1.43. The number of nitrogens with one attached hydrogen (secondary N) is 1. The lowest BCUT2D eigenvalue weighted by Gasteiger charge is -2.12. The zero-order valence-corrected chi connectivity index (χ0v) is 19.0. The first-order valence-electron chi connectivity index (χ1n) is 10.4. The van der Waals surface area contributed by atoms with Gasteiger partial charge in [0.2, 0.25) is 6.86 Å². The minimum Gasteiger partial charge on any atom is -0.492 e. The second-order valence-corrected chi connectivity index (χ2v) is 8.19. The van der Waals surface area contributed by atoms with E-state index in [1.54, 1.807) is 25.1 Å². The number of carboxylic acids is 1. The van der Waals surface area contributed by atoms with Crippen molar-refractivity contribution in [2.45, 2.75) is 20.4 Å². The van der Waals surface area contributed by atoms with E-state index in [-0.39, 0.29) is 4.88 Å². The standard InChI is InChI=1S/C23H23FN4O4S/c1-3-31-18-11-19(33-22(18)23(29)30)16-10-20(27-13-26-16)25-7-8-28-14(2)9-15-5-4-6-17(21(15)28)32-12-24/h4-6,9-11,13H,3,7-8,12H2,1-2H3,(H,29,30)(H,25,26,27). The van der Waals surface area contributed by atoms with Crippen LogP contribution in [0.15, 0.2) is 42.7 Å². The summed E-state index contributed by atoms with van der Waals surface area (Å²) in [5.41, 5.74) is 2.49. The van der Waals surface area contributed by atoms with Gasteiger partial charge >= 0.3 is 5.97 Å². The maximum Gasteiger partial charge on any atom is 0.349 e. The summed E-state index contributed by atoms with van der Waals surface area (Å²) in [5, 5.41) is 13.7. The van der Waals surface area contributed by atoms with Crippen LogP contribution in [0.2, 0.25) is 0 Å². The molecule has 0 amide bonds. The van der Waals surface area contributed by atoms with Gasteiger partial charge < -0.3 is 24.5 Å². The van der Waals surface area contributed by atoms with E-state index in [0.717, 1.165) is 27.9 Å². The molecule has 3 heterocycles. The van der Waals surface area contributed by atoms with Crippen molar-refractivity contribution in [3.8, 4) is 22.1 Å². The lowest BCUT2D eigenvalue weighted by atomic mass is 10.2. The van der Waals surface area contributed by atoms with E-state index < -0.39 is 12.8 Å². The van der Waals surface area contributed by atoms with E-state index in [0.29, 0.717) is 47.6 Å². The van der Waals surface area contributed by atoms with Crippen molar-refractivity contribution in [1.29, 1.82) is 0 Å². The molecular weight excluding hydrogens is 447 g/mol. The van der Waals surface area contributed by atoms with E-state index in [9.17, 15) is 14.3 Å². The molecule has 0 atom stereocenters. The van der Waals surface area contributed by atoms with E-state index in [1.807, 2.05) is 25.1 Å². The Bertz CT molecular complexity index is 1290. The van der Waals surface area contributed by atoms with Crippen molar-refractivity contribution in [2.75, 3.05) is 25.3 Å². The SMILES string of the molecule is CCOc1cc(-c2cc(NCCn3c(C)cc4cccc(OCF)c43)ncn2)sc1C(=O)O. The highest BCUT2D eigenvalue weighted by Crippen LogP contribution is 2.36. The number of benzene rings is 1. The van der Waals surface area contributed by atoms with Gasteiger partial charge in [0.05, 0.1) is 22.7 Å². The average molecular weight is 471 g/mol. The second-order valence-electron chi connectivity index (χ2n) is 7.14. The van der Waals surface area contributed by atoms with Crippen molar-refractivity contribution >= 4 is 34.0 Å². The minimum absolute atomic E-state index is 0.140. The molecule has 1 aromatic carbocycles. The number of anilines is 1. The van der Waals surface area contributed by atoms with Crippen LogP contribution in [-0.4, -0.2) is 45.6 Å². The topological polar surface area (TPSA) is 98.5 Å². The van der Waals surface area contributed by atoms with Crippen LogP contribution in [0.4, 0.5) is 10.2 Å². The van der Waals surface area contributed by atoms with Crippen LogP contribution in [0, 0.1) is 6.92 Å². The zero-order valence-electron chi connectivity index (χ0n) is 18.2. The molecule has 0 spiro atoms. The van der Waals surface area contributed by atoms with Gasteiger partial charge in [-0.25, -0.2) is 19.2 Å². The third-order valence-electron chi connectivity index (χ3n) is 5.05. The highest BCUT2D eigenvalue weighted by Gasteiger charge is 2.18. The first-order chi connectivity index (χ1) is 16.0. The number of carboxylic acid groups (broad SMARTS) is 1. The number of para-hydroxylation sites is 1. The van der Waals surface area contributed by atoms with E-state index in [2.05, 4.69) is 19.9 Å². The quantitative estimate of drug-likeness (QED) is 0.337. The normalized spacial score (nSPS) is 11.0. The number of aromatic carboxylic acids is 1. The summed E-state index contributed by atoms with van der Waals surface area (Å²) < 4.78 is 25.5. The molecule has 0 saturated heterocycles. The van der Waals surface area contributed by atoms with E-state index in [4.69, 9.17) is 9.47 Å². The summed E-state index contributed by atoms with van der Waals surface area (Å²) in [6, 6.07) is 11.1. The predicted octanol–water partition coefficient (Wildman–Crippen LogP) is 4.98. The largest absolute Gasteiger partial charge is 0.492 e. The van der Waals surface area contributed by atoms with Crippen LogP contribution >= 0.6 is 11.3 Å². The minimum atomic E-state index is -1.03. The van der Waals surface area contributed by atoms with Crippen molar-refractivity contribution < 1.29 is 23.8 Å². The monoisotopic (exact) mass is 470 g/mol. The summed E-state index contributed by atoms with van der Waals surface area (Å²) >= 11 is 1.11. The van der Waals surface area contributed by atoms with Gasteiger partial charge in [-0.2, -0.15) is 0 Å². The Morgan fingerprint density at radius 1 is 1.21 bits per heavy atom. The third-order valence-corrected chi connectivity index (χ3v) is 6.18. The molecule has 8 nitrogen and oxygen atoms in total. The van der Waals surface area contributed by atoms with Gasteiger partial charge in [-0.15, -0.1) is 11.3 Å². The number of alkyl halides is 1. The van der Waals surface area contributed by atoms with Gasteiger partial charge in [0.25, 0.3) is 0 Å². The molecule has 4 rings (SSSR count). The summed E-state index contributed by atoms with van der Waals surface area (Å²) in [5.74, 6) is 0.411. The van der Waals surface area contributed by atoms with Crippen LogP contribution < -0.4 is 14.8 Å². The van der Waals surface area contributed by atoms with Crippen LogP contribution in [0.1, 0.15) is 22.3 Å². The fraction of sp³-hybridized carbons (Fsp3) is 0.261. The molecule has 0 aliphatic heterocycles. The highest BCUT2D eigenvalue weighted by atomic mass is 32.1. The molecule has 0 aliphatic carbocycles. The van der Waals surface area contributed by atoms with Crippen LogP contribution in [0.25, 0.3) is 21.5 Å². The lowest BCUT2D eigenvalue weighted by Crippen LogP contribution is -2.12. The molecule has 0 radical (unpaired) electrons. The Kier molecular flexibility index (Phi) is 6.74. The Morgan fingerprint density at radius 2 is 2.06 bits per heavy atom. The maximum atomic E-state index is 12.8. The molecule has 3 aromatic heterocycles. The second kappa shape index (κ2) is 9.86. The molecule has 0 fully saturated rings. The number of hydrogen-bond donors (Lipinski definition) is 2. The Hall–Kier alpha value is -3.66. The van der Waals surface area contributed by atoms with Crippen molar-refractivity contribution in [2.24, 2.45) is 0 Å². The highest BCUT2D eigenvalue weighted by molar-refractivity contribution is 7.17. The lowest BCUT2D eigenvalue weighted by molar-refractivity contribution is 0.0698. The number of aryl methyl sites for hydroxylation is 1. The van der Waals surface area contributed by atoms with Gasteiger partial charge in [-0.05, 0) is 26.0 Å². The van der Waals surface area contributed by atoms with Crippen LogP contribution in [-0.2, 0) is 6.54 Å². The van der Waals surface area contributed by atoms with Gasteiger partial charge in [-0.3, -0.25) is 0 Å². The Balaban J connectivity index is 1.51. The number of hydrogen-bond acceptors (Lipinski definition) is 7. The smallest absolute Gasteiger partial charge is 0.349 e. The Labute approximate surface area is 193 Å². The molecule has 0 aliphatic rings. The Morgan fingerprint density at radius 3 is 2.82 bits per heavy atom. The number of rotatable bonds is 10. The predicted molar refractivity (Wildman–Crippen MR) is 125 cm³/mol. The third kappa shape index (κ3) is 4.75. The number of thiophene rings is 1. The van der Waals surface area contributed by atoms with Gasteiger partial charge in [0, 0.05) is 36.3 Å². The van der Waals surface area contributed by atoms with E-state index >= 15 is 0 Å². The molecule has 4 aromatic rings. The number of carbonyl (C=O) groups is 1. The molecular formula is C23H23FN4O4S. The molecule has 172 valence electrons. The average Bonchev–Trinajstić information content (AvgIpc) is 3.36. The number of nitrogens with zero attached hydrogens (tertiary/aromatic N) is 3. The van der Waals surface area contributed by atoms with Gasteiger partial charge in [0.15, 0.2) is 4.88 Å². The number of fused-ring (bicyclic) bond motifs is 1. The zero-order chi connectivity index (χ0) is 23.4. The van der Waals surface area contributed by atoms with Gasteiger partial charge in [-0.1, -0.05) is 12.1 Å². The van der Waals surface area contributed by atoms with Crippen molar-refractivity contribution in [1.82, 2.24) is 14.5 Å². The fourth-order valence-electron chi connectivity index (χ4n) is 3.68. The van der Waals surface area contributed by atoms with Crippen LogP contribution in [0.3, 0.4) is 0 Å². The number of halogens is 1. The molecule has 33 heavy (non-hydrogen) atoms. The van der Waals surface area contributed by atoms with Crippen molar-refractivity contribution in [3.63, 3.8) is 0 Å². The molecule has 10 heteroatoms.